The summed E-state index contributed by atoms with van der Waals surface area (Å²) in [4.78, 5) is 0. The lowest BCUT2D eigenvalue weighted by atomic mass is 10.0. The number of hydrogen-bond donors (Lipinski definition) is 1. The molecule has 2 nitrogen and oxygen atoms in total. The highest BCUT2D eigenvalue weighted by Gasteiger charge is 2.09. The Labute approximate surface area is 128 Å². The van der Waals surface area contributed by atoms with Crippen LogP contribution in [-0.4, -0.2) is 0 Å². The van der Waals surface area contributed by atoms with Crippen LogP contribution >= 0.6 is 15.9 Å². The highest BCUT2D eigenvalue weighted by atomic mass is 79.9. The lowest BCUT2D eigenvalue weighted by Gasteiger charge is -2.19. The normalized spacial score (nSPS) is 11.7. The number of nitrogens with one attached hydrogen (secondary N) is 1. The van der Waals surface area contributed by atoms with Gasteiger partial charge in [-0.3, -0.25) is 0 Å². The quantitative estimate of drug-likeness (QED) is 0.830. The molecule has 0 aliphatic heterocycles. The molecule has 0 heterocycles. The summed E-state index contributed by atoms with van der Waals surface area (Å²) >= 11 is 3.51. The Bertz CT molecular complexity index is 599. The largest absolute Gasteiger partial charge is 0.378 e. The minimum atomic E-state index is 0.286. The van der Waals surface area contributed by atoms with E-state index in [9.17, 15) is 0 Å². The van der Waals surface area contributed by atoms with Crippen molar-refractivity contribution in [1.29, 1.82) is 5.26 Å². The van der Waals surface area contributed by atoms with Gasteiger partial charge in [-0.15, -0.1) is 0 Å². The van der Waals surface area contributed by atoms with Crippen molar-refractivity contribution in [3.63, 3.8) is 0 Å². The summed E-state index contributed by atoms with van der Waals surface area (Å²) in [6.07, 6.45) is 1.47. The van der Waals surface area contributed by atoms with Crippen LogP contribution in [0.4, 0.5) is 5.69 Å². The minimum absolute atomic E-state index is 0.286. The fraction of sp³-hybridized carbons (Fsp3) is 0.235. The Hall–Kier alpha value is -1.79. The molecule has 2 aromatic rings. The number of benzene rings is 2. The maximum absolute atomic E-state index is 8.68. The van der Waals surface area contributed by atoms with Crippen molar-refractivity contribution in [3.05, 3.63) is 64.1 Å². The third-order valence-electron chi connectivity index (χ3n) is 3.24. The fourth-order valence-corrected chi connectivity index (χ4v) is 2.57. The van der Waals surface area contributed by atoms with Crippen LogP contribution in [-0.2, 0) is 6.42 Å². The first kappa shape index (κ1) is 14.6. The molecule has 0 aromatic heterocycles. The first-order valence-electron chi connectivity index (χ1n) is 6.71. The van der Waals surface area contributed by atoms with Crippen molar-refractivity contribution in [1.82, 2.24) is 0 Å². The van der Waals surface area contributed by atoms with E-state index in [0.717, 1.165) is 22.1 Å². The predicted octanol–water partition coefficient (Wildman–Crippen LogP) is 5.08. The van der Waals surface area contributed by atoms with Crippen LogP contribution in [0.2, 0.25) is 0 Å². The summed E-state index contributed by atoms with van der Waals surface area (Å²) < 4.78 is 1.10. The number of anilines is 1. The molecule has 2 rings (SSSR count). The molecule has 2 aromatic carbocycles. The van der Waals surface area contributed by atoms with Crippen LogP contribution in [0.5, 0.6) is 0 Å². The first-order chi connectivity index (χ1) is 9.72. The molecule has 0 radical (unpaired) electrons. The molecule has 20 heavy (non-hydrogen) atoms. The number of nitriles is 1. The van der Waals surface area contributed by atoms with E-state index >= 15 is 0 Å². The van der Waals surface area contributed by atoms with Crippen LogP contribution in [0.25, 0.3) is 0 Å². The van der Waals surface area contributed by atoms with Gasteiger partial charge in [-0.1, -0.05) is 47.1 Å². The van der Waals surface area contributed by atoms with E-state index < -0.39 is 0 Å². The van der Waals surface area contributed by atoms with Gasteiger partial charge < -0.3 is 5.32 Å². The molecule has 102 valence electrons. The molecule has 3 heteroatoms. The second kappa shape index (κ2) is 7.12. The smallest absolute Gasteiger partial charge is 0.0669 e. The molecule has 1 unspecified atom stereocenters. The van der Waals surface area contributed by atoms with E-state index in [2.05, 4.69) is 52.4 Å². The van der Waals surface area contributed by atoms with E-state index in [4.69, 9.17) is 5.26 Å². The zero-order valence-corrected chi connectivity index (χ0v) is 13.0. The van der Waals surface area contributed by atoms with Crippen molar-refractivity contribution in [2.45, 2.75) is 25.8 Å². The van der Waals surface area contributed by atoms with Gasteiger partial charge in [-0.05, 0) is 41.8 Å². The number of nitrogens with zero attached hydrogens (tertiary/aromatic N) is 1. The van der Waals surface area contributed by atoms with Crippen molar-refractivity contribution in [2.24, 2.45) is 0 Å². The average molecular weight is 329 g/mol. The van der Waals surface area contributed by atoms with Gasteiger partial charge in [0.15, 0.2) is 0 Å². The average Bonchev–Trinajstić information content (AvgIpc) is 2.47. The Kier molecular flexibility index (Phi) is 5.20. The lowest BCUT2D eigenvalue weighted by molar-refractivity contribution is 0.749. The van der Waals surface area contributed by atoms with E-state index in [1.807, 2.05) is 30.3 Å². The molecule has 0 amide bonds. The van der Waals surface area contributed by atoms with E-state index in [0.29, 0.717) is 6.42 Å². The topological polar surface area (TPSA) is 35.8 Å². The maximum Gasteiger partial charge on any atom is 0.0669 e. The number of hydrogen-bond acceptors (Lipinski definition) is 2. The maximum atomic E-state index is 8.68. The van der Waals surface area contributed by atoms with Gasteiger partial charge in [-0.2, -0.15) is 5.26 Å². The van der Waals surface area contributed by atoms with Gasteiger partial charge >= 0.3 is 0 Å². The second-order valence-corrected chi connectivity index (χ2v) is 5.61. The van der Waals surface area contributed by atoms with Crippen LogP contribution < -0.4 is 5.32 Å². The van der Waals surface area contributed by atoms with Crippen molar-refractivity contribution in [2.75, 3.05) is 5.32 Å². The molecule has 0 saturated heterocycles. The predicted molar refractivity (Wildman–Crippen MR) is 86.6 cm³/mol. The second-order valence-electron chi connectivity index (χ2n) is 4.69. The Morgan fingerprint density at radius 1 is 1.20 bits per heavy atom. The third kappa shape index (κ3) is 3.85. The molecule has 0 saturated carbocycles. The van der Waals surface area contributed by atoms with Gasteiger partial charge in [0, 0.05) is 10.2 Å². The summed E-state index contributed by atoms with van der Waals surface area (Å²) in [6, 6.07) is 18.9. The van der Waals surface area contributed by atoms with E-state index in [-0.39, 0.29) is 6.04 Å². The van der Waals surface area contributed by atoms with Crippen molar-refractivity contribution >= 4 is 21.6 Å². The summed E-state index contributed by atoms with van der Waals surface area (Å²) in [7, 11) is 0. The van der Waals surface area contributed by atoms with Gasteiger partial charge in [0.25, 0.3) is 0 Å². The minimum Gasteiger partial charge on any atom is -0.378 e. The molecule has 0 aliphatic rings. The van der Waals surface area contributed by atoms with E-state index in [1.165, 1.54) is 5.56 Å². The van der Waals surface area contributed by atoms with Gasteiger partial charge in [-0.25, -0.2) is 0 Å². The molecular weight excluding hydrogens is 312 g/mol. The Morgan fingerprint density at radius 2 is 1.95 bits per heavy atom. The standard InChI is InChI=1S/C17H17BrN2/c1-2-17(14-4-3-5-15(18)12-14)20-16-8-6-13(7-9-16)10-11-19/h3-9,12,17,20H,2,10H2,1H3. The van der Waals surface area contributed by atoms with Crippen LogP contribution in [0.3, 0.4) is 0 Å². The monoisotopic (exact) mass is 328 g/mol. The fourth-order valence-electron chi connectivity index (χ4n) is 2.16. The van der Waals surface area contributed by atoms with Crippen LogP contribution in [0.1, 0.15) is 30.5 Å². The van der Waals surface area contributed by atoms with Crippen molar-refractivity contribution in [3.8, 4) is 6.07 Å². The molecule has 0 aliphatic carbocycles. The summed E-state index contributed by atoms with van der Waals surface area (Å²) in [5, 5.41) is 12.2. The van der Waals surface area contributed by atoms with Crippen molar-refractivity contribution < 1.29 is 0 Å². The summed E-state index contributed by atoms with van der Waals surface area (Å²) in [5.74, 6) is 0. The Morgan fingerprint density at radius 3 is 2.55 bits per heavy atom. The zero-order valence-electron chi connectivity index (χ0n) is 11.4. The van der Waals surface area contributed by atoms with E-state index in [1.54, 1.807) is 0 Å². The molecule has 0 fully saturated rings. The summed E-state index contributed by atoms with van der Waals surface area (Å²) in [5.41, 5.74) is 3.40. The van der Waals surface area contributed by atoms with Crippen LogP contribution in [0.15, 0.2) is 53.0 Å². The molecule has 0 bridgehead atoms. The van der Waals surface area contributed by atoms with Gasteiger partial charge in [0.2, 0.25) is 0 Å². The number of rotatable bonds is 5. The SMILES string of the molecule is CCC(Nc1ccc(CC#N)cc1)c1cccc(Br)c1. The highest BCUT2D eigenvalue weighted by molar-refractivity contribution is 9.10. The van der Waals surface area contributed by atoms with Gasteiger partial charge in [0.05, 0.1) is 18.5 Å². The lowest BCUT2D eigenvalue weighted by Crippen LogP contribution is -2.09. The zero-order chi connectivity index (χ0) is 14.4. The molecule has 0 spiro atoms. The third-order valence-corrected chi connectivity index (χ3v) is 3.73. The van der Waals surface area contributed by atoms with Crippen LogP contribution in [0, 0.1) is 11.3 Å². The molecule has 1 atom stereocenters. The molecular formula is C17H17BrN2. The Balaban J connectivity index is 2.12. The van der Waals surface area contributed by atoms with Gasteiger partial charge in [0.1, 0.15) is 0 Å². The highest BCUT2D eigenvalue weighted by Crippen LogP contribution is 2.25. The molecule has 1 N–H and O–H groups in total. The summed E-state index contributed by atoms with van der Waals surface area (Å²) in [6.45, 7) is 2.17. The number of halogens is 1. The first-order valence-corrected chi connectivity index (χ1v) is 7.50.